The van der Waals surface area contributed by atoms with Crippen LogP contribution in [0.1, 0.15) is 5.56 Å². The summed E-state index contributed by atoms with van der Waals surface area (Å²) in [5.74, 6) is -1.77. The van der Waals surface area contributed by atoms with Gasteiger partial charge in [-0.15, -0.1) is 13.2 Å². The van der Waals surface area contributed by atoms with Gasteiger partial charge in [-0.25, -0.2) is 0 Å². The quantitative estimate of drug-likeness (QED) is 0.753. The minimum Gasteiger partial charge on any atom is -0.503 e. The zero-order valence-corrected chi connectivity index (χ0v) is 6.54. The lowest BCUT2D eigenvalue weighted by Gasteiger charge is -2.10. The fourth-order valence-electron chi connectivity index (χ4n) is 0.740. The molecule has 14 heavy (non-hydrogen) atoms. The maximum atomic E-state index is 11.8. The summed E-state index contributed by atoms with van der Waals surface area (Å²) in [6.07, 6.45) is -3.34. The molecule has 0 spiro atoms. The van der Waals surface area contributed by atoms with Crippen molar-refractivity contribution in [2.24, 2.45) is 0 Å². The molecular formula is C7H3F3N2O2. The summed E-state index contributed by atoms with van der Waals surface area (Å²) in [6, 6.07) is 1.41. The average Bonchev–Trinajstić information content (AvgIpc) is 2.06. The summed E-state index contributed by atoms with van der Waals surface area (Å²) >= 11 is 0. The maximum absolute atomic E-state index is 11.8. The highest BCUT2D eigenvalue weighted by atomic mass is 19.4. The standard InChI is InChI=1S/C7H3F3N2O2/c8-7(9,10)14-6-4(1-11)2-12-3-5(6)13/h2-3,13H. The molecule has 1 aromatic heterocycles. The van der Waals surface area contributed by atoms with Gasteiger partial charge in [-0.05, 0) is 0 Å². The topological polar surface area (TPSA) is 66.1 Å². The van der Waals surface area contributed by atoms with E-state index >= 15 is 0 Å². The van der Waals surface area contributed by atoms with Crippen LogP contribution in [0.15, 0.2) is 12.4 Å². The summed E-state index contributed by atoms with van der Waals surface area (Å²) in [5.41, 5.74) is -0.484. The maximum Gasteiger partial charge on any atom is 0.573 e. The van der Waals surface area contributed by atoms with Gasteiger partial charge in [0.1, 0.15) is 11.6 Å². The summed E-state index contributed by atoms with van der Waals surface area (Å²) in [4.78, 5) is 3.33. The second-order valence-corrected chi connectivity index (χ2v) is 2.19. The Morgan fingerprint density at radius 3 is 2.57 bits per heavy atom. The molecule has 0 aliphatic carbocycles. The zero-order valence-electron chi connectivity index (χ0n) is 6.54. The fraction of sp³-hybridized carbons (Fsp3) is 0.143. The molecule has 0 unspecified atom stereocenters. The van der Waals surface area contributed by atoms with Crippen LogP contribution in [0, 0.1) is 11.3 Å². The molecule has 1 N–H and O–H groups in total. The highest BCUT2D eigenvalue weighted by Gasteiger charge is 2.33. The van der Waals surface area contributed by atoms with Crippen LogP contribution in [-0.4, -0.2) is 16.5 Å². The summed E-state index contributed by atoms with van der Waals surface area (Å²) in [7, 11) is 0. The number of hydrogen-bond acceptors (Lipinski definition) is 4. The van der Waals surface area contributed by atoms with E-state index in [1.54, 1.807) is 0 Å². The molecule has 0 amide bonds. The number of ether oxygens (including phenoxy) is 1. The monoisotopic (exact) mass is 204 g/mol. The average molecular weight is 204 g/mol. The molecule has 7 heteroatoms. The van der Waals surface area contributed by atoms with E-state index in [9.17, 15) is 13.2 Å². The number of alkyl halides is 3. The third-order valence-electron chi connectivity index (χ3n) is 1.22. The van der Waals surface area contributed by atoms with E-state index in [4.69, 9.17) is 10.4 Å². The predicted octanol–water partition coefficient (Wildman–Crippen LogP) is 1.56. The summed E-state index contributed by atoms with van der Waals surface area (Å²) in [6.45, 7) is 0. The minimum atomic E-state index is -4.95. The van der Waals surface area contributed by atoms with Crippen molar-refractivity contribution in [2.45, 2.75) is 6.36 Å². The molecule has 0 aromatic carbocycles. The second-order valence-electron chi connectivity index (χ2n) is 2.19. The van der Waals surface area contributed by atoms with Crippen molar-refractivity contribution in [3.05, 3.63) is 18.0 Å². The van der Waals surface area contributed by atoms with Crippen molar-refractivity contribution in [3.63, 3.8) is 0 Å². The molecule has 0 bridgehead atoms. The molecule has 4 nitrogen and oxygen atoms in total. The van der Waals surface area contributed by atoms with Gasteiger partial charge < -0.3 is 9.84 Å². The van der Waals surface area contributed by atoms with E-state index in [0.717, 1.165) is 12.4 Å². The Labute approximate surface area is 76.2 Å². The van der Waals surface area contributed by atoms with Crippen molar-refractivity contribution in [1.82, 2.24) is 4.98 Å². The minimum absolute atomic E-state index is 0.484. The van der Waals surface area contributed by atoms with E-state index in [1.165, 1.54) is 6.07 Å². The van der Waals surface area contributed by atoms with Gasteiger partial charge in [-0.1, -0.05) is 0 Å². The number of nitriles is 1. The summed E-state index contributed by atoms with van der Waals surface area (Å²) < 4.78 is 38.8. The number of aromatic hydroxyl groups is 1. The Bertz CT molecular complexity index is 384. The largest absolute Gasteiger partial charge is 0.573 e. The van der Waals surface area contributed by atoms with Crippen LogP contribution in [0.3, 0.4) is 0 Å². The van der Waals surface area contributed by atoms with Crippen LogP contribution in [-0.2, 0) is 0 Å². The number of pyridine rings is 1. The Balaban J connectivity index is 3.13. The van der Waals surface area contributed by atoms with Gasteiger partial charge in [0.25, 0.3) is 0 Å². The molecule has 0 saturated carbocycles. The number of halogens is 3. The first-order chi connectivity index (χ1) is 6.44. The normalized spacial score (nSPS) is 10.7. The molecule has 1 heterocycles. The smallest absolute Gasteiger partial charge is 0.503 e. The third-order valence-corrected chi connectivity index (χ3v) is 1.22. The number of nitrogens with zero attached hydrogens (tertiary/aromatic N) is 2. The van der Waals surface area contributed by atoms with E-state index in [2.05, 4.69) is 9.72 Å². The van der Waals surface area contributed by atoms with E-state index < -0.39 is 23.4 Å². The van der Waals surface area contributed by atoms with Crippen LogP contribution in [0.25, 0.3) is 0 Å². The first-order valence-electron chi connectivity index (χ1n) is 3.27. The van der Waals surface area contributed by atoms with Gasteiger partial charge in [-0.2, -0.15) is 5.26 Å². The molecule has 0 aliphatic rings. The van der Waals surface area contributed by atoms with E-state index in [-0.39, 0.29) is 0 Å². The Kier molecular flexibility index (Phi) is 2.47. The van der Waals surface area contributed by atoms with E-state index in [1.807, 2.05) is 0 Å². The lowest BCUT2D eigenvalue weighted by molar-refractivity contribution is -0.275. The van der Waals surface area contributed by atoms with Crippen molar-refractivity contribution in [3.8, 4) is 17.6 Å². The number of hydrogen-bond donors (Lipinski definition) is 1. The Morgan fingerprint density at radius 2 is 2.07 bits per heavy atom. The van der Waals surface area contributed by atoms with Crippen LogP contribution in [0.4, 0.5) is 13.2 Å². The Hall–Kier alpha value is -1.97. The summed E-state index contributed by atoms with van der Waals surface area (Å²) in [5, 5.41) is 17.3. The molecule has 0 aliphatic heterocycles. The van der Waals surface area contributed by atoms with Gasteiger partial charge in [0.2, 0.25) is 0 Å². The molecule has 74 valence electrons. The van der Waals surface area contributed by atoms with Gasteiger partial charge in [0, 0.05) is 6.20 Å². The fourth-order valence-corrected chi connectivity index (χ4v) is 0.740. The predicted molar refractivity (Wildman–Crippen MR) is 37.3 cm³/mol. The zero-order chi connectivity index (χ0) is 10.8. The first-order valence-corrected chi connectivity index (χ1v) is 3.27. The molecule has 0 fully saturated rings. The molecule has 0 atom stereocenters. The Morgan fingerprint density at radius 1 is 1.43 bits per heavy atom. The molecule has 1 rings (SSSR count). The molecule has 1 aromatic rings. The highest BCUT2D eigenvalue weighted by Crippen LogP contribution is 2.33. The van der Waals surface area contributed by atoms with Crippen molar-refractivity contribution in [2.75, 3.05) is 0 Å². The third kappa shape index (κ3) is 2.26. The first kappa shape index (κ1) is 10.1. The highest BCUT2D eigenvalue weighted by molar-refractivity contribution is 5.49. The van der Waals surface area contributed by atoms with Gasteiger partial charge >= 0.3 is 6.36 Å². The molecular weight excluding hydrogens is 201 g/mol. The number of aromatic nitrogens is 1. The van der Waals surface area contributed by atoms with Crippen molar-refractivity contribution >= 4 is 0 Å². The SMILES string of the molecule is N#Cc1cncc(O)c1OC(F)(F)F. The lowest BCUT2D eigenvalue weighted by Crippen LogP contribution is -2.18. The van der Waals surface area contributed by atoms with Gasteiger partial charge in [0.15, 0.2) is 11.5 Å². The van der Waals surface area contributed by atoms with Gasteiger partial charge in [0.05, 0.1) is 6.20 Å². The van der Waals surface area contributed by atoms with Crippen LogP contribution in [0.2, 0.25) is 0 Å². The van der Waals surface area contributed by atoms with E-state index in [0.29, 0.717) is 0 Å². The van der Waals surface area contributed by atoms with Crippen molar-refractivity contribution < 1.29 is 23.0 Å². The molecule has 0 radical (unpaired) electrons. The lowest BCUT2D eigenvalue weighted by atomic mass is 10.3. The van der Waals surface area contributed by atoms with Crippen LogP contribution in [0.5, 0.6) is 11.5 Å². The molecule has 0 saturated heterocycles. The van der Waals surface area contributed by atoms with Crippen molar-refractivity contribution in [1.29, 1.82) is 5.26 Å². The van der Waals surface area contributed by atoms with Crippen LogP contribution < -0.4 is 4.74 Å². The second kappa shape index (κ2) is 3.41. The van der Waals surface area contributed by atoms with Crippen LogP contribution >= 0.6 is 0 Å². The van der Waals surface area contributed by atoms with Gasteiger partial charge in [-0.3, -0.25) is 4.98 Å². The number of rotatable bonds is 1.